The van der Waals surface area contributed by atoms with Gasteiger partial charge >= 0.3 is 5.97 Å². The van der Waals surface area contributed by atoms with Gasteiger partial charge in [0.05, 0.1) is 6.04 Å². The number of amides is 2. The van der Waals surface area contributed by atoms with Crippen LogP contribution in [0.25, 0.3) is 0 Å². The van der Waals surface area contributed by atoms with Gasteiger partial charge in [0.1, 0.15) is 6.04 Å². The number of nitrogens with zero attached hydrogens (tertiary/aromatic N) is 1. The molecular formula is C35H72N6O4. The summed E-state index contributed by atoms with van der Waals surface area (Å²) < 4.78 is 0. The maximum atomic E-state index is 13.3. The fraction of sp³-hybridized carbons (Fsp3) is 0.914. The lowest BCUT2D eigenvalue weighted by molar-refractivity contribution is -0.139. The van der Waals surface area contributed by atoms with Crippen LogP contribution in [0.5, 0.6) is 0 Å². The molecule has 2 unspecified atom stereocenters. The summed E-state index contributed by atoms with van der Waals surface area (Å²) in [6, 6.07) is -1.33. The fourth-order valence-corrected chi connectivity index (χ4v) is 5.56. The highest BCUT2D eigenvalue weighted by Crippen LogP contribution is 2.14. The van der Waals surface area contributed by atoms with Crippen LogP contribution in [0.4, 0.5) is 0 Å². The quantitative estimate of drug-likeness (QED) is 0.0531. The van der Waals surface area contributed by atoms with E-state index in [1.165, 1.54) is 83.5 Å². The van der Waals surface area contributed by atoms with Crippen LogP contribution in [0, 0.1) is 0 Å². The van der Waals surface area contributed by atoms with Crippen molar-refractivity contribution in [2.24, 2.45) is 11.5 Å². The minimum absolute atomic E-state index is 0.0688. The molecule has 0 fully saturated rings. The summed E-state index contributed by atoms with van der Waals surface area (Å²) in [5.74, 6) is -1.48. The molecule has 2 atom stereocenters. The number of hydrogen-bond donors (Lipinski definition) is 6. The molecule has 0 saturated heterocycles. The predicted molar refractivity (Wildman–Crippen MR) is 187 cm³/mol. The monoisotopic (exact) mass is 641 g/mol. The first-order valence-corrected chi connectivity index (χ1v) is 18.5. The Bertz CT molecular complexity index is 712. The first kappa shape index (κ1) is 43.2. The highest BCUT2D eigenvalue weighted by atomic mass is 16.4. The van der Waals surface area contributed by atoms with E-state index < -0.39 is 18.1 Å². The Hall–Kier alpha value is -1.75. The highest BCUT2D eigenvalue weighted by molar-refractivity contribution is 5.90. The highest BCUT2D eigenvalue weighted by Gasteiger charge is 2.27. The van der Waals surface area contributed by atoms with Crippen LogP contribution in [0.3, 0.4) is 0 Å². The molecule has 8 N–H and O–H groups in total. The number of aliphatic carboxylic acids is 1. The molecule has 0 bridgehead atoms. The molecule has 0 heterocycles. The molecule has 10 heteroatoms. The lowest BCUT2D eigenvalue weighted by Gasteiger charge is -2.27. The van der Waals surface area contributed by atoms with E-state index in [-0.39, 0.29) is 24.7 Å². The predicted octanol–water partition coefficient (Wildman–Crippen LogP) is 5.08. The number of carboxylic acid groups (broad SMARTS) is 1. The number of hydrogen-bond acceptors (Lipinski definition) is 7. The average Bonchev–Trinajstić information content (AvgIpc) is 3.02. The topological polar surface area (TPSA) is 163 Å². The summed E-state index contributed by atoms with van der Waals surface area (Å²) in [6.45, 7) is 6.23. The Morgan fingerprint density at radius 1 is 0.644 bits per heavy atom. The molecule has 0 saturated carbocycles. The Morgan fingerprint density at radius 3 is 1.64 bits per heavy atom. The van der Waals surface area contributed by atoms with Crippen molar-refractivity contribution in [2.75, 3.05) is 46.3 Å². The first-order chi connectivity index (χ1) is 21.9. The van der Waals surface area contributed by atoms with Crippen molar-refractivity contribution >= 4 is 17.8 Å². The van der Waals surface area contributed by atoms with Crippen LogP contribution in [-0.4, -0.2) is 86.2 Å². The van der Waals surface area contributed by atoms with Crippen LogP contribution in [0.15, 0.2) is 0 Å². The Balaban J connectivity index is 4.43. The number of carboxylic acids is 1. The van der Waals surface area contributed by atoms with Gasteiger partial charge in [-0.1, -0.05) is 103 Å². The van der Waals surface area contributed by atoms with Crippen LogP contribution in [0.1, 0.15) is 148 Å². The third kappa shape index (κ3) is 27.1. The number of carbonyl (C=O) groups excluding carboxylic acids is 2. The standard InChI is InChI=1S/C35H72N6O4/c1-3-4-5-6-7-8-9-10-11-12-13-14-15-16-17-18-30-41(2)35(45)32(23-24-33(42)43)40-34(44)31(39-29-21-26-37)22-19-27-38-28-20-25-36/h31-32,38-39H,3-30,36-37H2,1-2H3,(H,40,44)(H,42,43). The van der Waals surface area contributed by atoms with E-state index in [9.17, 15) is 19.5 Å². The lowest BCUT2D eigenvalue weighted by Crippen LogP contribution is -2.53. The second-order valence-corrected chi connectivity index (χ2v) is 12.7. The number of nitrogens with two attached hydrogens (primary N) is 2. The van der Waals surface area contributed by atoms with Crippen LogP contribution in [0.2, 0.25) is 0 Å². The van der Waals surface area contributed by atoms with Crippen LogP contribution < -0.4 is 27.4 Å². The molecule has 0 aromatic rings. The van der Waals surface area contributed by atoms with Crippen molar-refractivity contribution in [1.82, 2.24) is 20.9 Å². The van der Waals surface area contributed by atoms with E-state index in [0.29, 0.717) is 32.6 Å². The summed E-state index contributed by atoms with van der Waals surface area (Å²) in [5.41, 5.74) is 11.2. The molecule has 0 rings (SSSR count). The summed E-state index contributed by atoms with van der Waals surface area (Å²) in [5, 5.41) is 18.7. The van der Waals surface area contributed by atoms with Gasteiger partial charge in [-0.3, -0.25) is 14.4 Å². The van der Waals surface area contributed by atoms with Crippen LogP contribution >= 0.6 is 0 Å². The van der Waals surface area contributed by atoms with E-state index in [4.69, 9.17) is 11.5 Å². The van der Waals surface area contributed by atoms with E-state index in [2.05, 4.69) is 22.9 Å². The zero-order valence-corrected chi connectivity index (χ0v) is 29.2. The van der Waals surface area contributed by atoms with Crippen molar-refractivity contribution < 1.29 is 19.5 Å². The van der Waals surface area contributed by atoms with Crippen LogP contribution in [-0.2, 0) is 14.4 Å². The van der Waals surface area contributed by atoms with Gasteiger partial charge in [0.15, 0.2) is 0 Å². The maximum absolute atomic E-state index is 13.3. The van der Waals surface area contributed by atoms with Gasteiger partial charge in [0, 0.05) is 20.0 Å². The molecule has 0 aliphatic rings. The second kappa shape index (κ2) is 32.2. The largest absolute Gasteiger partial charge is 0.481 e. The minimum atomic E-state index is -0.983. The second-order valence-electron chi connectivity index (χ2n) is 12.7. The Labute approximate surface area is 276 Å². The number of nitrogens with one attached hydrogen (secondary N) is 3. The molecule has 45 heavy (non-hydrogen) atoms. The molecule has 0 aliphatic carbocycles. The van der Waals surface area contributed by atoms with Crippen molar-refractivity contribution in [1.29, 1.82) is 0 Å². The number of carbonyl (C=O) groups is 3. The number of likely N-dealkylation sites (N-methyl/N-ethyl adjacent to an activating group) is 1. The van der Waals surface area contributed by atoms with Crippen molar-refractivity contribution in [3.8, 4) is 0 Å². The molecule has 10 nitrogen and oxygen atoms in total. The summed E-state index contributed by atoms with van der Waals surface area (Å²) in [4.78, 5) is 39.5. The van der Waals surface area contributed by atoms with E-state index in [1.54, 1.807) is 11.9 Å². The van der Waals surface area contributed by atoms with Gasteiger partial charge in [-0.25, -0.2) is 0 Å². The van der Waals surface area contributed by atoms with Gasteiger partial charge in [-0.2, -0.15) is 0 Å². The average molecular weight is 641 g/mol. The molecule has 2 amide bonds. The third-order valence-corrected chi connectivity index (χ3v) is 8.48. The summed E-state index contributed by atoms with van der Waals surface area (Å²) >= 11 is 0. The van der Waals surface area contributed by atoms with Gasteiger partial charge in [-0.15, -0.1) is 0 Å². The zero-order chi connectivity index (χ0) is 33.4. The molecule has 0 radical (unpaired) electrons. The number of rotatable bonds is 34. The van der Waals surface area contributed by atoms with E-state index in [1.807, 2.05) is 0 Å². The number of unbranched alkanes of at least 4 members (excludes halogenated alkanes) is 15. The SMILES string of the molecule is CCCCCCCCCCCCCCCCCCN(C)C(=O)C(CCC(=O)O)NC(=O)C(CCCNCCCN)NCCCN. The molecule has 0 aliphatic heterocycles. The van der Waals surface area contributed by atoms with E-state index in [0.717, 1.165) is 51.6 Å². The minimum Gasteiger partial charge on any atom is -0.481 e. The van der Waals surface area contributed by atoms with Crippen molar-refractivity contribution in [3.63, 3.8) is 0 Å². The van der Waals surface area contributed by atoms with Gasteiger partial charge in [-0.05, 0) is 71.2 Å². The first-order valence-electron chi connectivity index (χ1n) is 18.5. The van der Waals surface area contributed by atoms with Crippen molar-refractivity contribution in [2.45, 2.75) is 160 Å². The van der Waals surface area contributed by atoms with Crippen molar-refractivity contribution in [3.05, 3.63) is 0 Å². The zero-order valence-electron chi connectivity index (χ0n) is 29.2. The summed E-state index contributed by atoms with van der Waals surface area (Å²) in [7, 11) is 1.75. The third-order valence-electron chi connectivity index (χ3n) is 8.48. The van der Waals surface area contributed by atoms with Gasteiger partial charge < -0.3 is 37.4 Å². The molecule has 266 valence electrons. The normalized spacial score (nSPS) is 12.6. The lowest BCUT2D eigenvalue weighted by atomic mass is 10.0. The Morgan fingerprint density at radius 2 is 1.13 bits per heavy atom. The molecular weight excluding hydrogens is 568 g/mol. The van der Waals surface area contributed by atoms with Gasteiger partial charge in [0.2, 0.25) is 11.8 Å². The summed E-state index contributed by atoms with van der Waals surface area (Å²) in [6.07, 6.45) is 23.6. The fourth-order valence-electron chi connectivity index (χ4n) is 5.56. The van der Waals surface area contributed by atoms with E-state index >= 15 is 0 Å². The smallest absolute Gasteiger partial charge is 0.303 e. The molecule has 0 aromatic heterocycles. The Kier molecular flexibility index (Phi) is 30.9. The van der Waals surface area contributed by atoms with Gasteiger partial charge in [0.25, 0.3) is 0 Å². The molecule has 0 aromatic carbocycles. The molecule has 0 spiro atoms. The maximum Gasteiger partial charge on any atom is 0.303 e.